The van der Waals surface area contributed by atoms with E-state index in [0.717, 1.165) is 69.1 Å². The number of rotatable bonds is 9. The molecule has 58 heavy (non-hydrogen) atoms. The van der Waals surface area contributed by atoms with E-state index in [4.69, 9.17) is 21.6 Å². The maximum absolute atomic E-state index is 15.4. The molecule has 302 valence electrons. The summed E-state index contributed by atoms with van der Waals surface area (Å²) in [6.07, 6.45) is 8.24. The molecule has 0 radical (unpaired) electrons. The molecule has 5 heterocycles. The molecule has 15 nitrogen and oxygen atoms in total. The molecule has 2 N–H and O–H groups in total. The number of ether oxygens (including phenoxy) is 1. The highest BCUT2D eigenvalue weighted by molar-refractivity contribution is 6.31. The second-order valence-corrected chi connectivity index (χ2v) is 16.0. The number of hydrogen-bond acceptors (Lipinski definition) is 12. The summed E-state index contributed by atoms with van der Waals surface area (Å²) in [5.74, 6) is -1.65. The monoisotopic (exact) mass is 811 g/mol. The molecule has 1 aliphatic carbocycles. The molecule has 3 saturated heterocycles. The molecule has 1 atom stereocenters. The van der Waals surface area contributed by atoms with Crippen LogP contribution in [0.5, 0.6) is 5.75 Å². The fourth-order valence-corrected chi connectivity index (χ4v) is 8.83. The first-order valence-corrected chi connectivity index (χ1v) is 20.2. The van der Waals surface area contributed by atoms with E-state index >= 15 is 4.39 Å². The van der Waals surface area contributed by atoms with E-state index < -0.39 is 35.5 Å². The molecule has 4 fully saturated rings. The minimum absolute atomic E-state index is 0.00857. The number of amides is 5. The molecule has 1 aromatic heterocycles. The molecule has 0 spiro atoms. The highest BCUT2D eigenvalue weighted by atomic mass is 35.5. The Bertz CT molecular complexity index is 2160. The Balaban J connectivity index is 0.764. The van der Waals surface area contributed by atoms with Crippen molar-refractivity contribution in [1.29, 1.82) is 5.26 Å². The molecule has 5 amide bonds. The summed E-state index contributed by atoms with van der Waals surface area (Å²) in [5, 5.41) is 14.7. The smallest absolute Gasteiger partial charge is 0.262 e. The largest absolute Gasteiger partial charge is 0.490 e. The SMILES string of the molecule is N#Cc1ccc(O[C@H]2CC[C@H](NC(=O)c3cnc(N4CCC(CN5CCN(c6cc7c(cc6F)C(=O)N(C6CCC(=O)NC6=O)C7=O)CC5)CC4)nc3)CC2)cc1Cl. The van der Waals surface area contributed by atoms with Crippen molar-refractivity contribution in [3.63, 3.8) is 0 Å². The number of carbonyl (C=O) groups is 5. The number of piperidine rings is 2. The number of nitrogens with one attached hydrogen (secondary N) is 2. The summed E-state index contributed by atoms with van der Waals surface area (Å²) < 4.78 is 21.5. The normalized spacial score (nSPS) is 23.1. The average molecular weight is 812 g/mol. The predicted octanol–water partition coefficient (Wildman–Crippen LogP) is 3.70. The van der Waals surface area contributed by atoms with Gasteiger partial charge >= 0.3 is 0 Å². The van der Waals surface area contributed by atoms with E-state index in [1.54, 1.807) is 30.6 Å². The van der Waals surface area contributed by atoms with Crippen molar-refractivity contribution in [1.82, 2.24) is 30.4 Å². The van der Waals surface area contributed by atoms with Crippen molar-refractivity contribution >= 4 is 52.8 Å². The Hall–Kier alpha value is -5.66. The molecule has 5 aliphatic rings. The Morgan fingerprint density at radius 3 is 2.24 bits per heavy atom. The van der Waals surface area contributed by atoms with E-state index in [1.807, 2.05) is 11.0 Å². The van der Waals surface area contributed by atoms with Crippen molar-refractivity contribution in [2.24, 2.45) is 5.92 Å². The molecule has 1 unspecified atom stereocenters. The highest BCUT2D eigenvalue weighted by Crippen LogP contribution is 2.34. The second kappa shape index (κ2) is 16.7. The van der Waals surface area contributed by atoms with Crippen molar-refractivity contribution in [2.45, 2.75) is 69.6 Å². The van der Waals surface area contributed by atoms with Gasteiger partial charge in [-0.2, -0.15) is 5.26 Å². The highest BCUT2D eigenvalue weighted by Gasteiger charge is 2.45. The summed E-state index contributed by atoms with van der Waals surface area (Å²) in [6.45, 7) is 5.00. The Morgan fingerprint density at radius 1 is 0.897 bits per heavy atom. The van der Waals surface area contributed by atoms with E-state index in [-0.39, 0.29) is 47.7 Å². The zero-order valence-corrected chi connectivity index (χ0v) is 32.5. The van der Waals surface area contributed by atoms with Crippen LogP contribution in [0.25, 0.3) is 0 Å². The third kappa shape index (κ3) is 8.19. The van der Waals surface area contributed by atoms with Gasteiger partial charge in [0, 0.05) is 76.7 Å². The van der Waals surface area contributed by atoms with E-state index in [2.05, 4.69) is 30.4 Å². The number of halogens is 2. The predicted molar refractivity (Wildman–Crippen MR) is 209 cm³/mol. The standard InChI is InChI=1S/C41H43ClFN9O6/c42-32-17-29(4-1-25(32)20-44)58-28-5-2-27(3-6-28)47-37(54)26-21-45-41(46-22-26)51-11-9-24(10-12-51)23-49-13-15-50(16-14-49)35-19-31-30(18-33(35)43)39(56)52(40(31)57)34-7-8-36(53)48-38(34)55/h1,4,17-19,21-22,24,27-28,34H,2-3,5-16,23H2,(H,47,54)(H,48,53,55)/t27-,28-,34?. The first kappa shape index (κ1) is 39.2. The topological polar surface area (TPSA) is 181 Å². The molecular weight excluding hydrogens is 769 g/mol. The van der Waals surface area contributed by atoms with Gasteiger partial charge < -0.3 is 19.9 Å². The first-order valence-electron chi connectivity index (χ1n) is 19.8. The number of carbonyl (C=O) groups excluding carboxylic acids is 5. The minimum Gasteiger partial charge on any atom is -0.490 e. The Kier molecular flexibility index (Phi) is 11.3. The lowest BCUT2D eigenvalue weighted by atomic mass is 9.92. The molecule has 2 aromatic carbocycles. The van der Waals surface area contributed by atoms with Crippen LogP contribution in [0, 0.1) is 23.1 Å². The minimum atomic E-state index is -1.10. The lowest BCUT2D eigenvalue weighted by Gasteiger charge is -2.39. The fraction of sp³-hybridized carbons (Fsp3) is 0.463. The van der Waals surface area contributed by atoms with Crippen molar-refractivity contribution in [3.05, 3.63) is 75.8 Å². The quantitative estimate of drug-likeness (QED) is 0.300. The van der Waals surface area contributed by atoms with Crippen LogP contribution in [-0.4, -0.2) is 113 Å². The van der Waals surface area contributed by atoms with Gasteiger partial charge in [0.2, 0.25) is 17.8 Å². The number of aromatic nitrogens is 2. The summed E-state index contributed by atoms with van der Waals surface area (Å²) in [6, 6.07) is 8.53. The zero-order valence-electron chi connectivity index (χ0n) is 31.8. The number of benzene rings is 2. The van der Waals surface area contributed by atoms with Crippen LogP contribution in [0.3, 0.4) is 0 Å². The fourth-order valence-electron chi connectivity index (χ4n) is 8.62. The number of nitrogens with zero attached hydrogens (tertiary/aromatic N) is 7. The third-order valence-electron chi connectivity index (χ3n) is 11.9. The van der Waals surface area contributed by atoms with Gasteiger partial charge in [-0.15, -0.1) is 0 Å². The lowest BCUT2D eigenvalue weighted by molar-refractivity contribution is -0.136. The van der Waals surface area contributed by atoms with Gasteiger partial charge in [0.05, 0.1) is 39.1 Å². The van der Waals surface area contributed by atoms with Crippen LogP contribution >= 0.6 is 11.6 Å². The van der Waals surface area contributed by atoms with Gasteiger partial charge in [-0.25, -0.2) is 14.4 Å². The van der Waals surface area contributed by atoms with Crippen LogP contribution in [0.2, 0.25) is 5.02 Å². The van der Waals surface area contributed by atoms with E-state index in [9.17, 15) is 24.0 Å². The number of anilines is 2. The van der Waals surface area contributed by atoms with Gasteiger partial charge in [0.1, 0.15) is 23.7 Å². The molecule has 4 aliphatic heterocycles. The van der Waals surface area contributed by atoms with Crippen LogP contribution in [0.15, 0.2) is 42.7 Å². The summed E-state index contributed by atoms with van der Waals surface area (Å²) in [4.78, 5) is 79.7. The Morgan fingerprint density at radius 2 is 1.59 bits per heavy atom. The number of fused-ring (bicyclic) bond motifs is 1. The van der Waals surface area contributed by atoms with Crippen molar-refractivity contribution < 1.29 is 33.1 Å². The van der Waals surface area contributed by atoms with Gasteiger partial charge in [-0.1, -0.05) is 11.6 Å². The summed E-state index contributed by atoms with van der Waals surface area (Å²) in [7, 11) is 0. The molecule has 3 aromatic rings. The maximum Gasteiger partial charge on any atom is 0.262 e. The van der Waals surface area contributed by atoms with E-state index in [1.165, 1.54) is 6.07 Å². The van der Waals surface area contributed by atoms with Crippen LogP contribution in [0.4, 0.5) is 16.0 Å². The second-order valence-electron chi connectivity index (χ2n) is 15.6. The van der Waals surface area contributed by atoms with Gasteiger partial charge in [0.15, 0.2) is 0 Å². The molecule has 1 saturated carbocycles. The lowest BCUT2D eigenvalue weighted by Crippen LogP contribution is -2.54. The number of nitriles is 1. The summed E-state index contributed by atoms with van der Waals surface area (Å²) in [5.41, 5.74) is 1.07. The molecule has 0 bridgehead atoms. The first-order chi connectivity index (χ1) is 28.0. The number of piperazine rings is 1. The Labute approximate surface area is 339 Å². The van der Waals surface area contributed by atoms with Crippen LogP contribution < -0.4 is 25.2 Å². The van der Waals surface area contributed by atoms with Gasteiger partial charge in [-0.3, -0.25) is 39.1 Å². The van der Waals surface area contributed by atoms with Gasteiger partial charge in [0.25, 0.3) is 17.7 Å². The summed E-state index contributed by atoms with van der Waals surface area (Å²) >= 11 is 6.14. The van der Waals surface area contributed by atoms with Crippen LogP contribution in [0.1, 0.15) is 88.0 Å². The molecular formula is C41H43ClFN9O6. The third-order valence-corrected chi connectivity index (χ3v) is 12.2. The number of imide groups is 2. The zero-order chi connectivity index (χ0) is 40.5. The number of hydrogen-bond donors (Lipinski definition) is 2. The van der Waals surface area contributed by atoms with Crippen molar-refractivity contribution in [2.75, 3.05) is 55.6 Å². The van der Waals surface area contributed by atoms with Crippen molar-refractivity contribution in [3.8, 4) is 11.8 Å². The van der Waals surface area contributed by atoms with E-state index in [0.29, 0.717) is 59.9 Å². The average Bonchev–Trinajstić information content (AvgIpc) is 3.46. The van der Waals surface area contributed by atoms with Crippen LogP contribution in [-0.2, 0) is 9.59 Å². The molecule has 17 heteroatoms. The molecule has 8 rings (SSSR count). The van der Waals surface area contributed by atoms with Gasteiger partial charge in [-0.05, 0) is 75.1 Å². The maximum atomic E-state index is 15.4.